The summed E-state index contributed by atoms with van der Waals surface area (Å²) in [5.74, 6) is 1.37. The monoisotopic (exact) mass is 512 g/mol. The highest BCUT2D eigenvalue weighted by Gasteiger charge is 2.60. The summed E-state index contributed by atoms with van der Waals surface area (Å²) >= 11 is 0. The van der Waals surface area contributed by atoms with E-state index < -0.39 is 10.8 Å². The van der Waals surface area contributed by atoms with Crippen LogP contribution >= 0.6 is 0 Å². The van der Waals surface area contributed by atoms with Gasteiger partial charge in [-0.25, -0.2) is 0 Å². The second kappa shape index (κ2) is 8.40. The minimum Gasteiger partial charge on any atom is -0.395 e. The first-order valence-corrected chi connectivity index (χ1v) is 14.7. The molecule has 4 aliphatic rings. The maximum absolute atomic E-state index is 11.4. The van der Waals surface area contributed by atoms with Gasteiger partial charge in [-0.15, -0.1) is 0 Å². The normalized spacial score (nSPS) is 23.7. The van der Waals surface area contributed by atoms with E-state index in [0.717, 1.165) is 18.8 Å². The molecule has 39 heavy (non-hydrogen) atoms. The van der Waals surface area contributed by atoms with Crippen molar-refractivity contribution >= 4 is 0 Å². The largest absolute Gasteiger partial charge is 0.395 e. The molecule has 0 saturated heterocycles. The molecule has 2 saturated carbocycles. The average Bonchev–Trinajstić information content (AvgIpc) is 3.73. The van der Waals surface area contributed by atoms with Gasteiger partial charge < -0.3 is 10.2 Å². The molecule has 0 radical (unpaired) electrons. The van der Waals surface area contributed by atoms with Crippen LogP contribution in [0.3, 0.4) is 0 Å². The zero-order valence-corrected chi connectivity index (χ0v) is 22.4. The Balaban J connectivity index is 1.32. The van der Waals surface area contributed by atoms with Crippen LogP contribution < -0.4 is 0 Å². The van der Waals surface area contributed by atoms with Gasteiger partial charge in [0.1, 0.15) is 0 Å². The maximum Gasteiger partial charge on any atom is 0.0569 e. The molecule has 2 N–H and O–H groups in total. The number of rotatable bonds is 6. The van der Waals surface area contributed by atoms with Gasteiger partial charge in [-0.3, -0.25) is 0 Å². The van der Waals surface area contributed by atoms with E-state index in [0.29, 0.717) is 5.92 Å². The minimum atomic E-state index is -0.425. The van der Waals surface area contributed by atoms with Crippen LogP contribution in [0.15, 0.2) is 97.1 Å². The SMILES string of the molecule is OCC1(CC2(CC3(CO)c4ccccc4-c4ccccc43)CC3CCC2C3)c2ccccc2-c2ccccc21. The summed E-state index contributed by atoms with van der Waals surface area (Å²) < 4.78 is 0. The Hall–Kier alpha value is -3.20. The number of fused-ring (bicyclic) bond motifs is 8. The van der Waals surface area contributed by atoms with Crippen LogP contribution in [-0.2, 0) is 10.8 Å². The van der Waals surface area contributed by atoms with Gasteiger partial charge in [0, 0.05) is 10.8 Å². The molecular formula is C37H36O2. The fraction of sp³-hybridized carbons (Fsp3) is 0.351. The van der Waals surface area contributed by atoms with E-state index in [2.05, 4.69) is 97.1 Å². The van der Waals surface area contributed by atoms with Gasteiger partial charge in [0.05, 0.1) is 13.2 Å². The molecule has 0 spiro atoms. The van der Waals surface area contributed by atoms with Crippen LogP contribution in [0.2, 0.25) is 0 Å². The van der Waals surface area contributed by atoms with E-state index in [1.165, 1.54) is 70.2 Å². The van der Waals surface area contributed by atoms with Crippen LogP contribution in [0.25, 0.3) is 22.3 Å². The summed E-state index contributed by atoms with van der Waals surface area (Å²) in [7, 11) is 0. The third-order valence-corrected chi connectivity index (χ3v) is 11.3. The van der Waals surface area contributed by atoms with Crippen molar-refractivity contribution in [2.45, 2.75) is 49.4 Å². The van der Waals surface area contributed by atoms with Gasteiger partial charge >= 0.3 is 0 Å². The number of aliphatic hydroxyl groups is 2. The zero-order chi connectivity index (χ0) is 26.2. The number of hydrogen-bond acceptors (Lipinski definition) is 2. The summed E-state index contributed by atoms with van der Waals surface area (Å²) in [5, 5.41) is 22.8. The van der Waals surface area contributed by atoms with Crippen LogP contribution in [0, 0.1) is 17.3 Å². The molecule has 196 valence electrons. The van der Waals surface area contributed by atoms with E-state index in [1.54, 1.807) is 0 Å². The fourth-order valence-electron chi connectivity index (χ4n) is 9.92. The highest BCUT2D eigenvalue weighted by molar-refractivity contribution is 5.82. The van der Waals surface area contributed by atoms with E-state index in [1.807, 2.05) is 0 Å². The van der Waals surface area contributed by atoms with Crippen molar-refractivity contribution in [2.24, 2.45) is 17.3 Å². The fourth-order valence-corrected chi connectivity index (χ4v) is 9.92. The summed E-state index contributed by atoms with van der Waals surface area (Å²) in [4.78, 5) is 0. The summed E-state index contributed by atoms with van der Waals surface area (Å²) in [6, 6.07) is 35.0. The molecule has 0 heterocycles. The van der Waals surface area contributed by atoms with Crippen molar-refractivity contribution in [3.8, 4) is 22.3 Å². The molecule has 2 unspecified atom stereocenters. The van der Waals surface area contributed by atoms with E-state index in [9.17, 15) is 10.2 Å². The number of aliphatic hydroxyl groups excluding tert-OH is 2. The van der Waals surface area contributed by atoms with Crippen molar-refractivity contribution in [3.05, 3.63) is 119 Å². The van der Waals surface area contributed by atoms with Gasteiger partial charge in [-0.1, -0.05) is 103 Å². The third kappa shape index (κ3) is 3.05. The first kappa shape index (κ1) is 23.7. The number of hydrogen-bond donors (Lipinski definition) is 2. The van der Waals surface area contributed by atoms with E-state index >= 15 is 0 Å². The molecule has 0 amide bonds. The van der Waals surface area contributed by atoms with Crippen LogP contribution in [0.4, 0.5) is 0 Å². The van der Waals surface area contributed by atoms with Gasteiger partial charge in [0.15, 0.2) is 0 Å². The van der Waals surface area contributed by atoms with Gasteiger partial charge in [-0.2, -0.15) is 0 Å². The first-order chi connectivity index (χ1) is 19.1. The predicted molar refractivity (Wildman–Crippen MR) is 157 cm³/mol. The lowest BCUT2D eigenvalue weighted by Crippen LogP contribution is -2.45. The Morgan fingerprint density at radius 1 is 0.538 bits per heavy atom. The Morgan fingerprint density at radius 3 is 1.23 bits per heavy atom. The molecule has 4 aromatic rings. The van der Waals surface area contributed by atoms with Gasteiger partial charge in [-0.05, 0) is 93.9 Å². The molecule has 4 aliphatic carbocycles. The van der Waals surface area contributed by atoms with Crippen molar-refractivity contribution < 1.29 is 10.2 Å². The zero-order valence-electron chi connectivity index (χ0n) is 22.4. The summed E-state index contributed by atoms with van der Waals surface area (Å²) in [6.45, 7) is 0.221. The topological polar surface area (TPSA) is 40.5 Å². The van der Waals surface area contributed by atoms with Crippen LogP contribution in [0.5, 0.6) is 0 Å². The third-order valence-electron chi connectivity index (χ3n) is 11.3. The minimum absolute atomic E-state index is 0.0313. The predicted octanol–water partition coefficient (Wildman–Crippen LogP) is 7.49. The first-order valence-electron chi connectivity index (χ1n) is 14.7. The Kier molecular flexibility index (Phi) is 5.10. The highest BCUT2D eigenvalue weighted by Crippen LogP contribution is 2.68. The summed E-state index contributed by atoms with van der Waals surface area (Å²) in [5.41, 5.74) is 9.39. The standard InChI is InChI=1S/C37H36O2/c38-23-36(31-13-5-1-9-27(31)28-10-2-6-14-32(28)36)21-35(20-25-17-18-26(35)19-25)22-37(24-39)33-15-7-3-11-29(33)30-12-4-8-16-34(30)37/h1-16,25-26,38-39H,17-24H2. The van der Waals surface area contributed by atoms with Crippen molar-refractivity contribution in [1.82, 2.24) is 0 Å². The molecule has 2 bridgehead atoms. The van der Waals surface area contributed by atoms with Crippen LogP contribution in [0.1, 0.15) is 60.8 Å². The lowest BCUT2D eigenvalue weighted by Gasteiger charge is -2.49. The molecule has 2 atom stereocenters. The average molecular weight is 513 g/mol. The molecule has 0 aromatic heterocycles. The molecule has 2 nitrogen and oxygen atoms in total. The molecule has 2 heteroatoms. The van der Waals surface area contributed by atoms with Crippen molar-refractivity contribution in [1.29, 1.82) is 0 Å². The van der Waals surface area contributed by atoms with E-state index in [-0.39, 0.29) is 18.6 Å². The maximum atomic E-state index is 11.4. The van der Waals surface area contributed by atoms with Gasteiger partial charge in [0.25, 0.3) is 0 Å². The second-order valence-corrected chi connectivity index (χ2v) is 13.0. The Morgan fingerprint density at radius 2 is 0.923 bits per heavy atom. The Labute approximate surface area is 231 Å². The van der Waals surface area contributed by atoms with Gasteiger partial charge in [0.2, 0.25) is 0 Å². The molecule has 4 aromatic carbocycles. The van der Waals surface area contributed by atoms with Crippen molar-refractivity contribution in [3.63, 3.8) is 0 Å². The smallest absolute Gasteiger partial charge is 0.0569 e. The lowest BCUT2D eigenvalue weighted by atomic mass is 9.55. The molecule has 0 aliphatic heterocycles. The highest BCUT2D eigenvalue weighted by atomic mass is 16.3. The molecule has 2 fully saturated rings. The quantitative estimate of drug-likeness (QED) is 0.281. The Bertz CT molecular complexity index is 1390. The lowest BCUT2D eigenvalue weighted by molar-refractivity contribution is 0.0474. The molecular weight excluding hydrogens is 476 g/mol. The van der Waals surface area contributed by atoms with E-state index in [4.69, 9.17) is 0 Å². The van der Waals surface area contributed by atoms with Crippen LogP contribution in [-0.4, -0.2) is 23.4 Å². The summed E-state index contributed by atoms with van der Waals surface area (Å²) in [6.07, 6.45) is 6.92. The number of benzene rings is 4. The second-order valence-electron chi connectivity index (χ2n) is 13.0. The molecule has 8 rings (SSSR count). The van der Waals surface area contributed by atoms with Crippen molar-refractivity contribution in [2.75, 3.05) is 13.2 Å².